The molecule has 0 aromatic heterocycles. The Bertz CT molecular complexity index is 355. The van der Waals surface area contributed by atoms with Crippen molar-refractivity contribution < 1.29 is 19.9 Å². The predicted molar refractivity (Wildman–Crippen MR) is 75.2 cm³/mol. The van der Waals surface area contributed by atoms with E-state index < -0.39 is 6.10 Å². The second-order valence-corrected chi connectivity index (χ2v) is 5.17. The molecule has 0 saturated carbocycles. The van der Waals surface area contributed by atoms with Crippen molar-refractivity contribution in [2.75, 3.05) is 26.8 Å². The summed E-state index contributed by atoms with van der Waals surface area (Å²) in [6.45, 7) is 6.93. The molecule has 0 aliphatic heterocycles. The SMILES string of the molecule is COc1cccc(COC[C@@H](O)C[NH2+]CC(C)C)c1. The van der Waals surface area contributed by atoms with Crippen LogP contribution in [0.3, 0.4) is 0 Å². The zero-order valence-electron chi connectivity index (χ0n) is 12.1. The van der Waals surface area contributed by atoms with Crippen LogP contribution in [0.2, 0.25) is 0 Å². The minimum atomic E-state index is -0.413. The fraction of sp³-hybridized carbons (Fsp3) is 0.600. The van der Waals surface area contributed by atoms with Crippen LogP contribution in [0.15, 0.2) is 24.3 Å². The highest BCUT2D eigenvalue weighted by Gasteiger charge is 2.07. The first-order valence-electron chi connectivity index (χ1n) is 6.82. The third kappa shape index (κ3) is 7.15. The fourth-order valence-corrected chi connectivity index (χ4v) is 1.77. The number of aliphatic hydroxyl groups is 1. The molecule has 1 aromatic rings. The van der Waals surface area contributed by atoms with Crippen molar-refractivity contribution in [1.82, 2.24) is 0 Å². The molecule has 0 fully saturated rings. The molecule has 4 nitrogen and oxygen atoms in total. The minimum Gasteiger partial charge on any atom is -0.497 e. The lowest BCUT2D eigenvalue weighted by Gasteiger charge is -2.11. The van der Waals surface area contributed by atoms with Gasteiger partial charge in [0, 0.05) is 5.92 Å². The van der Waals surface area contributed by atoms with Gasteiger partial charge in [-0.25, -0.2) is 0 Å². The summed E-state index contributed by atoms with van der Waals surface area (Å²) in [6.07, 6.45) is -0.413. The van der Waals surface area contributed by atoms with E-state index in [1.807, 2.05) is 24.3 Å². The quantitative estimate of drug-likeness (QED) is 0.696. The maximum atomic E-state index is 9.76. The van der Waals surface area contributed by atoms with Crippen LogP contribution in [0, 0.1) is 5.92 Å². The average Bonchev–Trinajstić information content (AvgIpc) is 2.38. The summed E-state index contributed by atoms with van der Waals surface area (Å²) < 4.78 is 10.7. The van der Waals surface area contributed by atoms with E-state index in [1.165, 1.54) is 0 Å². The van der Waals surface area contributed by atoms with Crippen LogP contribution < -0.4 is 10.1 Å². The van der Waals surface area contributed by atoms with Crippen LogP contribution in [0.1, 0.15) is 19.4 Å². The van der Waals surface area contributed by atoms with E-state index in [0.717, 1.165) is 17.9 Å². The molecule has 3 N–H and O–H groups in total. The molecule has 1 rings (SSSR count). The number of benzene rings is 1. The zero-order valence-corrected chi connectivity index (χ0v) is 12.1. The molecule has 0 amide bonds. The fourth-order valence-electron chi connectivity index (χ4n) is 1.77. The van der Waals surface area contributed by atoms with Crippen molar-refractivity contribution >= 4 is 0 Å². The maximum absolute atomic E-state index is 9.76. The highest BCUT2D eigenvalue weighted by Crippen LogP contribution is 2.13. The van der Waals surface area contributed by atoms with Gasteiger partial charge in [-0.1, -0.05) is 26.0 Å². The Morgan fingerprint density at radius 1 is 1.26 bits per heavy atom. The van der Waals surface area contributed by atoms with Crippen LogP contribution in [0.5, 0.6) is 5.75 Å². The lowest BCUT2D eigenvalue weighted by molar-refractivity contribution is -0.665. The van der Waals surface area contributed by atoms with Gasteiger partial charge in [0.1, 0.15) is 18.4 Å². The number of hydrogen-bond acceptors (Lipinski definition) is 3. The maximum Gasteiger partial charge on any atom is 0.126 e. The van der Waals surface area contributed by atoms with Gasteiger partial charge in [0.15, 0.2) is 0 Å². The van der Waals surface area contributed by atoms with E-state index in [0.29, 0.717) is 25.7 Å². The number of methoxy groups -OCH3 is 1. The molecule has 1 atom stereocenters. The second-order valence-electron chi connectivity index (χ2n) is 5.17. The van der Waals surface area contributed by atoms with Gasteiger partial charge in [-0.3, -0.25) is 0 Å². The molecule has 0 spiro atoms. The summed E-state index contributed by atoms with van der Waals surface area (Å²) in [5.41, 5.74) is 1.05. The number of hydrogen-bond donors (Lipinski definition) is 2. The van der Waals surface area contributed by atoms with Crippen molar-refractivity contribution in [2.45, 2.75) is 26.6 Å². The van der Waals surface area contributed by atoms with E-state index in [1.54, 1.807) is 7.11 Å². The molecule has 0 unspecified atom stereocenters. The van der Waals surface area contributed by atoms with Crippen molar-refractivity contribution in [3.05, 3.63) is 29.8 Å². The van der Waals surface area contributed by atoms with Crippen LogP contribution in [0.4, 0.5) is 0 Å². The Hall–Kier alpha value is -1.10. The van der Waals surface area contributed by atoms with Crippen LogP contribution in [0.25, 0.3) is 0 Å². The monoisotopic (exact) mass is 268 g/mol. The largest absolute Gasteiger partial charge is 0.497 e. The molecule has 0 aliphatic rings. The van der Waals surface area contributed by atoms with Gasteiger partial charge in [0.2, 0.25) is 0 Å². The van der Waals surface area contributed by atoms with Gasteiger partial charge in [0.05, 0.1) is 26.9 Å². The molecule has 0 saturated heterocycles. The summed E-state index contributed by atoms with van der Waals surface area (Å²) in [5, 5.41) is 11.9. The predicted octanol–water partition coefficient (Wildman–Crippen LogP) is 0.792. The normalized spacial score (nSPS) is 12.7. The molecular formula is C15H26NO3+. The zero-order chi connectivity index (χ0) is 14.1. The van der Waals surface area contributed by atoms with E-state index >= 15 is 0 Å². The third-order valence-corrected chi connectivity index (χ3v) is 2.79. The van der Waals surface area contributed by atoms with Gasteiger partial charge < -0.3 is 19.9 Å². The highest BCUT2D eigenvalue weighted by molar-refractivity contribution is 5.27. The average molecular weight is 268 g/mol. The second kappa shape index (κ2) is 8.91. The molecule has 1 aromatic carbocycles. The molecule has 4 heteroatoms. The van der Waals surface area contributed by atoms with Crippen molar-refractivity contribution in [1.29, 1.82) is 0 Å². The summed E-state index contributed by atoms with van der Waals surface area (Å²) >= 11 is 0. The minimum absolute atomic E-state index is 0.367. The van der Waals surface area contributed by atoms with Gasteiger partial charge in [-0.15, -0.1) is 0 Å². The van der Waals surface area contributed by atoms with Crippen molar-refractivity contribution in [3.8, 4) is 5.75 Å². The molecule has 0 heterocycles. The van der Waals surface area contributed by atoms with Crippen LogP contribution in [-0.2, 0) is 11.3 Å². The molecule has 0 radical (unpaired) electrons. The molecule has 0 aliphatic carbocycles. The Kier molecular flexibility index (Phi) is 7.48. The van der Waals surface area contributed by atoms with E-state index in [2.05, 4.69) is 19.2 Å². The summed E-state index contributed by atoms with van der Waals surface area (Å²) in [7, 11) is 1.65. The molecular weight excluding hydrogens is 242 g/mol. The first kappa shape index (κ1) is 16.0. The molecule has 0 bridgehead atoms. The summed E-state index contributed by atoms with van der Waals surface area (Å²) in [6, 6.07) is 7.76. The number of rotatable bonds is 9. The highest BCUT2D eigenvalue weighted by atomic mass is 16.5. The van der Waals surface area contributed by atoms with Gasteiger partial charge >= 0.3 is 0 Å². The smallest absolute Gasteiger partial charge is 0.126 e. The number of ether oxygens (including phenoxy) is 2. The molecule has 19 heavy (non-hydrogen) atoms. The topological polar surface area (TPSA) is 55.3 Å². The van der Waals surface area contributed by atoms with Crippen LogP contribution in [-0.4, -0.2) is 38.0 Å². The summed E-state index contributed by atoms with van der Waals surface area (Å²) in [5.74, 6) is 1.47. The Morgan fingerprint density at radius 3 is 2.74 bits per heavy atom. The van der Waals surface area contributed by atoms with E-state index in [-0.39, 0.29) is 0 Å². The van der Waals surface area contributed by atoms with Crippen molar-refractivity contribution in [3.63, 3.8) is 0 Å². The Balaban J connectivity index is 2.18. The lowest BCUT2D eigenvalue weighted by atomic mass is 10.2. The van der Waals surface area contributed by atoms with E-state index in [9.17, 15) is 5.11 Å². The first-order chi connectivity index (χ1) is 9.11. The van der Waals surface area contributed by atoms with Crippen molar-refractivity contribution in [2.24, 2.45) is 5.92 Å². The van der Waals surface area contributed by atoms with E-state index in [4.69, 9.17) is 9.47 Å². The standard InChI is InChI=1S/C15H25NO3/c1-12(2)8-16-9-14(17)11-19-10-13-5-4-6-15(7-13)18-3/h4-7,12,14,16-17H,8-11H2,1-3H3/p+1/t14-/m0/s1. The van der Waals surface area contributed by atoms with Gasteiger partial charge in [-0.2, -0.15) is 0 Å². The number of quaternary nitrogens is 1. The van der Waals surface area contributed by atoms with Gasteiger partial charge in [0.25, 0.3) is 0 Å². The van der Waals surface area contributed by atoms with Gasteiger partial charge in [-0.05, 0) is 17.7 Å². The lowest BCUT2D eigenvalue weighted by Crippen LogP contribution is -2.87. The van der Waals surface area contributed by atoms with Crippen LogP contribution >= 0.6 is 0 Å². The number of aliphatic hydroxyl groups excluding tert-OH is 1. The number of nitrogens with two attached hydrogens (primary N) is 1. The Morgan fingerprint density at radius 2 is 2.05 bits per heavy atom. The first-order valence-corrected chi connectivity index (χ1v) is 6.82. The Labute approximate surface area is 115 Å². The third-order valence-electron chi connectivity index (χ3n) is 2.79. The molecule has 108 valence electrons. The summed E-state index contributed by atoms with van der Waals surface area (Å²) in [4.78, 5) is 0.